The monoisotopic (exact) mass is 299 g/mol. The van der Waals surface area contributed by atoms with Crippen LogP contribution in [0.2, 0.25) is 0 Å². The molecule has 0 amide bonds. The van der Waals surface area contributed by atoms with Crippen molar-refractivity contribution in [2.24, 2.45) is 0 Å². The number of hydrogen-bond acceptors (Lipinski definition) is 4. The molecule has 1 heterocycles. The first-order chi connectivity index (χ1) is 9.01. The van der Waals surface area contributed by atoms with E-state index in [1.54, 1.807) is 30.0 Å². The van der Waals surface area contributed by atoms with Gasteiger partial charge in [0, 0.05) is 24.4 Å². The number of ketones is 1. The highest BCUT2D eigenvalue weighted by Gasteiger charge is 2.25. The van der Waals surface area contributed by atoms with Gasteiger partial charge < -0.3 is 0 Å². The van der Waals surface area contributed by atoms with Gasteiger partial charge in [-0.3, -0.25) is 4.79 Å². The lowest BCUT2D eigenvalue weighted by molar-refractivity contribution is 0.101. The Hall–Kier alpha value is -0.850. The van der Waals surface area contributed by atoms with Crippen molar-refractivity contribution in [3.8, 4) is 0 Å². The summed E-state index contributed by atoms with van der Waals surface area (Å²) in [5, 5.41) is 0. The van der Waals surface area contributed by atoms with Crippen molar-refractivity contribution in [2.75, 3.05) is 24.6 Å². The van der Waals surface area contributed by atoms with Crippen LogP contribution in [0.4, 0.5) is 0 Å². The maximum absolute atomic E-state index is 12.5. The molecular formula is C13H17NO3S2. The Morgan fingerprint density at radius 3 is 2.79 bits per heavy atom. The van der Waals surface area contributed by atoms with Gasteiger partial charge >= 0.3 is 0 Å². The van der Waals surface area contributed by atoms with Crippen LogP contribution in [0, 0.1) is 0 Å². The summed E-state index contributed by atoms with van der Waals surface area (Å²) in [5.41, 5.74) is 0.435. The van der Waals surface area contributed by atoms with Gasteiger partial charge in [0.25, 0.3) is 0 Å². The average molecular weight is 299 g/mol. The van der Waals surface area contributed by atoms with Gasteiger partial charge in [0.05, 0.1) is 4.90 Å². The quantitative estimate of drug-likeness (QED) is 0.801. The summed E-state index contributed by atoms with van der Waals surface area (Å²) in [6.45, 7) is 2.53. The van der Waals surface area contributed by atoms with E-state index in [0.29, 0.717) is 18.7 Å². The molecule has 0 aromatic heterocycles. The van der Waals surface area contributed by atoms with E-state index in [4.69, 9.17) is 0 Å². The molecule has 1 aliphatic heterocycles. The molecule has 1 aromatic rings. The number of carbonyl (C=O) groups excluding carboxylic acids is 1. The fourth-order valence-corrected chi connectivity index (χ4v) is 4.52. The summed E-state index contributed by atoms with van der Waals surface area (Å²) in [5.74, 6) is 1.70. The van der Waals surface area contributed by atoms with Crippen LogP contribution in [0.25, 0.3) is 0 Å². The van der Waals surface area contributed by atoms with Crippen molar-refractivity contribution in [3.05, 3.63) is 29.8 Å². The van der Waals surface area contributed by atoms with Crippen LogP contribution >= 0.6 is 11.8 Å². The Labute approximate surface area is 118 Å². The summed E-state index contributed by atoms with van der Waals surface area (Å²) in [7, 11) is -3.47. The minimum absolute atomic E-state index is 0.122. The first-order valence-electron chi connectivity index (χ1n) is 6.21. The molecule has 0 unspecified atom stereocenters. The topological polar surface area (TPSA) is 54.5 Å². The van der Waals surface area contributed by atoms with Crippen LogP contribution in [0.5, 0.6) is 0 Å². The van der Waals surface area contributed by atoms with Gasteiger partial charge in [-0.2, -0.15) is 16.1 Å². The Morgan fingerprint density at radius 2 is 2.05 bits per heavy atom. The second-order valence-corrected chi connectivity index (χ2v) is 7.62. The Bertz CT molecular complexity index is 561. The number of hydrogen-bond donors (Lipinski definition) is 0. The van der Waals surface area contributed by atoms with E-state index in [1.165, 1.54) is 17.3 Å². The van der Waals surface area contributed by atoms with Gasteiger partial charge in [-0.1, -0.05) is 12.1 Å². The van der Waals surface area contributed by atoms with Gasteiger partial charge in [-0.05, 0) is 31.2 Å². The van der Waals surface area contributed by atoms with Crippen LogP contribution in [-0.4, -0.2) is 43.1 Å². The van der Waals surface area contributed by atoms with Crippen molar-refractivity contribution in [3.63, 3.8) is 0 Å². The minimum atomic E-state index is -3.47. The summed E-state index contributed by atoms with van der Waals surface area (Å²) in [6.07, 6.45) is 0.871. The normalized spacial score (nSPS) is 17.9. The molecule has 0 aliphatic carbocycles. The molecule has 0 radical (unpaired) electrons. The molecule has 19 heavy (non-hydrogen) atoms. The Kier molecular flexibility index (Phi) is 4.65. The smallest absolute Gasteiger partial charge is 0.243 e. The molecule has 1 saturated heterocycles. The van der Waals surface area contributed by atoms with E-state index in [0.717, 1.165) is 17.9 Å². The van der Waals surface area contributed by atoms with E-state index in [-0.39, 0.29) is 10.7 Å². The highest BCUT2D eigenvalue weighted by atomic mass is 32.2. The molecule has 0 saturated carbocycles. The number of thioether (sulfide) groups is 1. The van der Waals surface area contributed by atoms with Gasteiger partial charge in [-0.25, -0.2) is 8.42 Å². The standard InChI is InChI=1S/C13H17NO3S2/c1-11(15)12-4-2-5-13(10-12)19(16,17)14-6-3-8-18-9-7-14/h2,4-5,10H,3,6-9H2,1H3. The van der Waals surface area contributed by atoms with Gasteiger partial charge in [-0.15, -0.1) is 0 Å². The van der Waals surface area contributed by atoms with Crippen molar-refractivity contribution < 1.29 is 13.2 Å². The third-order valence-electron chi connectivity index (χ3n) is 3.06. The fourth-order valence-electron chi connectivity index (χ4n) is 1.99. The second kappa shape index (κ2) is 6.07. The number of carbonyl (C=O) groups is 1. The lowest BCUT2D eigenvalue weighted by Gasteiger charge is -2.19. The highest BCUT2D eigenvalue weighted by Crippen LogP contribution is 2.20. The van der Waals surface area contributed by atoms with Crippen LogP contribution in [-0.2, 0) is 10.0 Å². The largest absolute Gasteiger partial charge is 0.295 e. The zero-order valence-electron chi connectivity index (χ0n) is 10.8. The zero-order valence-corrected chi connectivity index (χ0v) is 12.5. The fraction of sp³-hybridized carbons (Fsp3) is 0.462. The molecule has 1 fully saturated rings. The third-order valence-corrected chi connectivity index (χ3v) is 6.00. The summed E-state index contributed by atoms with van der Waals surface area (Å²) < 4.78 is 26.6. The molecule has 0 atom stereocenters. The van der Waals surface area contributed by atoms with E-state index >= 15 is 0 Å². The molecule has 0 spiro atoms. The molecule has 0 N–H and O–H groups in total. The Balaban J connectivity index is 2.32. The highest BCUT2D eigenvalue weighted by molar-refractivity contribution is 7.99. The maximum atomic E-state index is 12.5. The van der Waals surface area contributed by atoms with Crippen molar-refractivity contribution >= 4 is 27.6 Å². The zero-order chi connectivity index (χ0) is 13.9. The molecule has 4 nitrogen and oxygen atoms in total. The molecule has 104 valence electrons. The number of rotatable bonds is 3. The minimum Gasteiger partial charge on any atom is -0.295 e. The van der Waals surface area contributed by atoms with Crippen molar-refractivity contribution in [1.29, 1.82) is 0 Å². The average Bonchev–Trinajstić information content (AvgIpc) is 2.68. The molecule has 6 heteroatoms. The van der Waals surface area contributed by atoms with Crippen LogP contribution in [0.1, 0.15) is 23.7 Å². The molecule has 2 rings (SSSR count). The van der Waals surface area contributed by atoms with Crippen molar-refractivity contribution in [1.82, 2.24) is 4.31 Å². The molecule has 1 aliphatic rings. The number of Topliss-reactive ketones (excluding diaryl/α,β-unsaturated/α-hetero) is 1. The lowest BCUT2D eigenvalue weighted by atomic mass is 10.2. The maximum Gasteiger partial charge on any atom is 0.243 e. The molecule has 1 aromatic carbocycles. The summed E-state index contributed by atoms with van der Waals surface area (Å²) >= 11 is 1.78. The SMILES string of the molecule is CC(=O)c1cccc(S(=O)(=O)N2CCCSCC2)c1. The third kappa shape index (κ3) is 3.38. The van der Waals surface area contributed by atoms with E-state index in [9.17, 15) is 13.2 Å². The molecule has 0 bridgehead atoms. The first-order valence-corrected chi connectivity index (χ1v) is 8.80. The summed E-state index contributed by atoms with van der Waals surface area (Å²) in [4.78, 5) is 11.6. The predicted octanol–water partition coefficient (Wildman–Crippen LogP) is 2.02. The molecular weight excluding hydrogens is 282 g/mol. The second-order valence-electron chi connectivity index (χ2n) is 4.45. The number of nitrogens with zero attached hydrogens (tertiary/aromatic N) is 1. The lowest BCUT2D eigenvalue weighted by Crippen LogP contribution is -2.33. The Morgan fingerprint density at radius 1 is 1.26 bits per heavy atom. The van der Waals surface area contributed by atoms with Crippen LogP contribution < -0.4 is 0 Å². The first kappa shape index (κ1) is 14.6. The van der Waals surface area contributed by atoms with Gasteiger partial charge in [0.15, 0.2) is 5.78 Å². The van der Waals surface area contributed by atoms with E-state index < -0.39 is 10.0 Å². The van der Waals surface area contributed by atoms with Crippen molar-refractivity contribution in [2.45, 2.75) is 18.2 Å². The van der Waals surface area contributed by atoms with Crippen LogP contribution in [0.15, 0.2) is 29.2 Å². The predicted molar refractivity (Wildman–Crippen MR) is 77.1 cm³/mol. The van der Waals surface area contributed by atoms with Gasteiger partial charge in [0.1, 0.15) is 0 Å². The number of benzene rings is 1. The van der Waals surface area contributed by atoms with Gasteiger partial charge in [0.2, 0.25) is 10.0 Å². The number of sulfonamides is 1. The van der Waals surface area contributed by atoms with E-state index in [1.807, 2.05) is 0 Å². The summed E-state index contributed by atoms with van der Waals surface area (Å²) in [6, 6.07) is 6.28. The van der Waals surface area contributed by atoms with Crippen LogP contribution in [0.3, 0.4) is 0 Å². The van der Waals surface area contributed by atoms with E-state index in [2.05, 4.69) is 0 Å².